The molecule has 0 saturated carbocycles. The molecule has 0 aromatic heterocycles. The third-order valence-electron chi connectivity index (χ3n) is 4.31. The lowest BCUT2D eigenvalue weighted by Gasteiger charge is -2.13. The van der Waals surface area contributed by atoms with Crippen LogP contribution in [0.3, 0.4) is 0 Å². The summed E-state index contributed by atoms with van der Waals surface area (Å²) >= 11 is 0. The van der Waals surface area contributed by atoms with Gasteiger partial charge in [0.25, 0.3) is 0 Å². The van der Waals surface area contributed by atoms with Gasteiger partial charge in [-0.05, 0) is 18.4 Å². The first-order valence-corrected chi connectivity index (χ1v) is 8.02. The molecule has 7 heteroatoms. The van der Waals surface area contributed by atoms with Crippen molar-refractivity contribution < 1.29 is 0 Å². The third kappa shape index (κ3) is 2.67. The van der Waals surface area contributed by atoms with Gasteiger partial charge in [0.15, 0.2) is 5.82 Å². The molecule has 0 amide bonds. The van der Waals surface area contributed by atoms with Crippen molar-refractivity contribution in [3.8, 4) is 11.5 Å². The number of halogens is 1. The van der Waals surface area contributed by atoms with Crippen molar-refractivity contribution in [1.82, 2.24) is 19.1 Å². The predicted molar refractivity (Wildman–Crippen MR) is 96.0 cm³/mol. The molecule has 0 radical (unpaired) electrons. The number of fused-ring (bicyclic) bond motifs is 3. The van der Waals surface area contributed by atoms with Gasteiger partial charge in [-0.15, -0.1) is 12.4 Å². The Kier molecular flexibility index (Phi) is 4.57. The fraction of sp³-hybridized carbons (Fsp3) is 0.353. The van der Waals surface area contributed by atoms with Gasteiger partial charge in [-0.3, -0.25) is 9.13 Å². The SMILES string of the molecule is CCCn1c2ncnc-2c2n(c1=O)C[C@@H](Cc1ccccc1)N2.Cl. The highest BCUT2D eigenvalue weighted by molar-refractivity contribution is 5.85. The Hall–Kier alpha value is -2.34. The Bertz CT molecular complexity index is 857. The van der Waals surface area contributed by atoms with Crippen molar-refractivity contribution in [2.45, 2.75) is 38.9 Å². The smallest absolute Gasteiger partial charge is 0.331 e. The van der Waals surface area contributed by atoms with Crippen molar-refractivity contribution in [1.29, 1.82) is 0 Å². The topological polar surface area (TPSA) is 64.7 Å². The molecule has 1 N–H and O–H groups in total. The van der Waals surface area contributed by atoms with Crippen molar-refractivity contribution in [3.05, 3.63) is 52.7 Å². The minimum Gasteiger partial charge on any atom is -0.365 e. The molecule has 24 heavy (non-hydrogen) atoms. The van der Waals surface area contributed by atoms with E-state index in [4.69, 9.17) is 0 Å². The van der Waals surface area contributed by atoms with Gasteiger partial charge in [0, 0.05) is 19.1 Å². The van der Waals surface area contributed by atoms with Gasteiger partial charge in [0.05, 0.1) is 0 Å². The lowest BCUT2D eigenvalue weighted by atomic mass is 10.1. The molecule has 3 aliphatic rings. The van der Waals surface area contributed by atoms with E-state index in [0.29, 0.717) is 18.9 Å². The second-order valence-corrected chi connectivity index (χ2v) is 5.97. The number of nitrogens with one attached hydrogen (secondary N) is 1. The van der Waals surface area contributed by atoms with Gasteiger partial charge in [-0.2, -0.15) is 0 Å². The number of hydrogen-bond acceptors (Lipinski definition) is 4. The molecule has 0 spiro atoms. The average molecular weight is 346 g/mol. The number of anilines is 1. The molecule has 0 fully saturated rings. The first kappa shape index (κ1) is 16.5. The summed E-state index contributed by atoms with van der Waals surface area (Å²) in [6, 6.07) is 10.5. The number of aromatic nitrogens is 4. The van der Waals surface area contributed by atoms with E-state index in [9.17, 15) is 4.79 Å². The van der Waals surface area contributed by atoms with Crippen molar-refractivity contribution in [2.75, 3.05) is 5.32 Å². The zero-order chi connectivity index (χ0) is 15.8. The van der Waals surface area contributed by atoms with E-state index in [1.807, 2.05) is 18.2 Å². The maximum atomic E-state index is 12.8. The van der Waals surface area contributed by atoms with E-state index >= 15 is 0 Å². The second kappa shape index (κ2) is 6.65. The molecule has 0 bridgehead atoms. The van der Waals surface area contributed by atoms with Crippen LogP contribution in [-0.2, 0) is 19.5 Å². The van der Waals surface area contributed by atoms with Crippen LogP contribution in [0.4, 0.5) is 5.82 Å². The van der Waals surface area contributed by atoms with Crippen LogP contribution in [-0.4, -0.2) is 25.1 Å². The predicted octanol–water partition coefficient (Wildman–Crippen LogP) is 2.41. The van der Waals surface area contributed by atoms with Gasteiger partial charge >= 0.3 is 5.69 Å². The maximum Gasteiger partial charge on any atom is 0.331 e. The molecule has 4 rings (SSSR count). The molecule has 1 aromatic rings. The minimum atomic E-state index is -0.00193. The Morgan fingerprint density at radius 2 is 2.04 bits per heavy atom. The van der Waals surface area contributed by atoms with Crippen molar-refractivity contribution >= 4 is 18.2 Å². The molecule has 1 aromatic carbocycles. The summed E-state index contributed by atoms with van der Waals surface area (Å²) in [6.07, 6.45) is 3.30. The summed E-state index contributed by atoms with van der Waals surface area (Å²) < 4.78 is 3.54. The number of imidazole rings is 1. The summed E-state index contributed by atoms with van der Waals surface area (Å²) in [7, 11) is 0. The fourth-order valence-corrected chi connectivity index (χ4v) is 3.30. The minimum absolute atomic E-state index is 0. The van der Waals surface area contributed by atoms with Crippen molar-refractivity contribution in [3.63, 3.8) is 0 Å². The van der Waals surface area contributed by atoms with Crippen LogP contribution < -0.4 is 11.0 Å². The van der Waals surface area contributed by atoms with Crippen LogP contribution >= 0.6 is 12.4 Å². The molecule has 6 nitrogen and oxygen atoms in total. The first-order chi connectivity index (χ1) is 11.3. The Morgan fingerprint density at radius 1 is 1.25 bits per heavy atom. The van der Waals surface area contributed by atoms with E-state index in [2.05, 4.69) is 34.3 Å². The average Bonchev–Trinajstić information content (AvgIpc) is 3.19. The van der Waals surface area contributed by atoms with Crippen LogP contribution in [0.5, 0.6) is 0 Å². The number of hydrogen-bond donors (Lipinski definition) is 1. The molecule has 0 unspecified atom stereocenters. The van der Waals surface area contributed by atoms with Crippen LogP contribution in [0.2, 0.25) is 0 Å². The Balaban J connectivity index is 0.00000169. The summed E-state index contributed by atoms with van der Waals surface area (Å²) in [6.45, 7) is 3.39. The lowest BCUT2D eigenvalue weighted by molar-refractivity contribution is 0.560. The highest BCUT2D eigenvalue weighted by Crippen LogP contribution is 2.29. The van der Waals surface area contributed by atoms with Gasteiger partial charge in [-0.1, -0.05) is 37.3 Å². The highest BCUT2D eigenvalue weighted by atomic mass is 35.5. The van der Waals surface area contributed by atoms with E-state index in [1.165, 1.54) is 11.9 Å². The first-order valence-electron chi connectivity index (χ1n) is 8.02. The molecular weight excluding hydrogens is 326 g/mol. The summed E-state index contributed by atoms with van der Waals surface area (Å²) in [5.74, 6) is 1.48. The van der Waals surface area contributed by atoms with Crippen LogP contribution in [0, 0.1) is 0 Å². The normalized spacial score (nSPS) is 15.8. The van der Waals surface area contributed by atoms with Gasteiger partial charge in [-0.25, -0.2) is 14.8 Å². The van der Waals surface area contributed by atoms with E-state index in [0.717, 1.165) is 24.4 Å². The van der Waals surface area contributed by atoms with Crippen LogP contribution in [0.25, 0.3) is 11.5 Å². The summed E-state index contributed by atoms with van der Waals surface area (Å²) in [4.78, 5) is 21.4. The molecular formula is C17H20ClN5O. The summed E-state index contributed by atoms with van der Waals surface area (Å²) in [5, 5.41) is 3.47. The van der Waals surface area contributed by atoms with Crippen LogP contribution in [0.1, 0.15) is 18.9 Å². The second-order valence-electron chi connectivity index (χ2n) is 5.97. The molecule has 1 atom stereocenters. The van der Waals surface area contributed by atoms with E-state index < -0.39 is 0 Å². The monoisotopic (exact) mass is 345 g/mol. The van der Waals surface area contributed by atoms with Crippen LogP contribution in [0.15, 0.2) is 41.5 Å². The lowest BCUT2D eigenvalue weighted by Crippen LogP contribution is -2.32. The van der Waals surface area contributed by atoms with Gasteiger partial charge in [0.1, 0.15) is 17.8 Å². The molecule has 0 saturated heterocycles. The molecule has 3 heterocycles. The Labute approximate surface area is 146 Å². The number of nitrogens with zero attached hydrogens (tertiary/aromatic N) is 4. The molecule has 3 aliphatic heterocycles. The van der Waals surface area contributed by atoms with Crippen molar-refractivity contribution in [2.24, 2.45) is 0 Å². The summed E-state index contributed by atoms with van der Waals surface area (Å²) in [5.41, 5.74) is 2.05. The zero-order valence-electron chi connectivity index (χ0n) is 13.5. The Morgan fingerprint density at radius 3 is 2.79 bits per heavy atom. The van der Waals surface area contributed by atoms with Gasteiger partial charge < -0.3 is 5.32 Å². The quantitative estimate of drug-likeness (QED) is 0.788. The highest BCUT2D eigenvalue weighted by Gasteiger charge is 2.30. The zero-order valence-corrected chi connectivity index (χ0v) is 14.3. The number of rotatable bonds is 4. The largest absolute Gasteiger partial charge is 0.365 e. The fourth-order valence-electron chi connectivity index (χ4n) is 3.30. The van der Waals surface area contributed by atoms with Gasteiger partial charge in [0.2, 0.25) is 0 Å². The van der Waals surface area contributed by atoms with E-state index in [-0.39, 0.29) is 24.1 Å². The molecule has 0 aliphatic carbocycles. The standard InChI is InChI=1S/C17H19N5O.ClH/c1-2-8-21-15-14(18-11-19-15)16-20-13(10-22(16)17(21)23)9-12-6-4-3-5-7-12;/h3-7,11,13,20H,2,8-10H2,1H3;1H/t13-;/m1./s1. The number of benzene rings is 1. The van der Waals surface area contributed by atoms with E-state index in [1.54, 1.807) is 9.13 Å². The third-order valence-corrected chi connectivity index (χ3v) is 4.31. The molecule has 126 valence electrons. The maximum absolute atomic E-state index is 12.8.